The number of fused-ring (bicyclic) bond motifs is 1. The zero-order valence-electron chi connectivity index (χ0n) is 21.6. The van der Waals surface area contributed by atoms with Gasteiger partial charge in [-0.1, -0.05) is 48.5 Å². The van der Waals surface area contributed by atoms with Crippen molar-refractivity contribution in [2.75, 3.05) is 52.5 Å². The second-order valence-corrected chi connectivity index (χ2v) is 10.5. The van der Waals surface area contributed by atoms with Crippen LogP contribution in [0.3, 0.4) is 0 Å². The molecule has 8 nitrogen and oxygen atoms in total. The van der Waals surface area contributed by atoms with Gasteiger partial charge in [-0.2, -0.15) is 0 Å². The van der Waals surface area contributed by atoms with Gasteiger partial charge in [0.1, 0.15) is 29.1 Å². The van der Waals surface area contributed by atoms with Crippen LogP contribution in [-0.4, -0.2) is 83.5 Å². The molecule has 2 aromatic carbocycles. The zero-order chi connectivity index (χ0) is 26.3. The molecule has 0 amide bonds. The van der Waals surface area contributed by atoms with Crippen LogP contribution in [0.5, 0.6) is 5.75 Å². The van der Waals surface area contributed by atoms with E-state index >= 15 is 0 Å². The molecule has 0 spiro atoms. The second kappa shape index (κ2) is 12.6. The summed E-state index contributed by atoms with van der Waals surface area (Å²) in [6, 6.07) is 17.7. The number of aryl methyl sites for hydroxylation is 1. The van der Waals surface area contributed by atoms with Crippen molar-refractivity contribution >= 4 is 21.6 Å². The number of hydrogen-bond donors (Lipinski definition) is 2. The molecule has 4 aromatic rings. The molecule has 1 saturated heterocycles. The molecule has 3 heterocycles. The fourth-order valence-electron chi connectivity index (χ4n) is 4.71. The van der Waals surface area contributed by atoms with Crippen molar-refractivity contribution in [1.82, 2.24) is 19.8 Å². The molecular weight excluding hydrogens is 500 g/mol. The van der Waals surface area contributed by atoms with Crippen LogP contribution in [0.1, 0.15) is 11.4 Å². The van der Waals surface area contributed by atoms with Crippen molar-refractivity contribution < 1.29 is 14.6 Å². The number of rotatable bonds is 11. The van der Waals surface area contributed by atoms with Gasteiger partial charge >= 0.3 is 0 Å². The molecule has 1 unspecified atom stereocenters. The van der Waals surface area contributed by atoms with Gasteiger partial charge in [-0.3, -0.25) is 14.6 Å². The lowest BCUT2D eigenvalue weighted by molar-refractivity contribution is 0.0252. The summed E-state index contributed by atoms with van der Waals surface area (Å²) in [6.45, 7) is 7.83. The average molecular weight is 535 g/mol. The van der Waals surface area contributed by atoms with E-state index in [9.17, 15) is 9.90 Å². The van der Waals surface area contributed by atoms with E-state index in [-0.39, 0.29) is 12.2 Å². The topological polar surface area (TPSA) is 90.9 Å². The number of aromatic nitrogens is 2. The third-order valence-corrected chi connectivity index (χ3v) is 7.65. The molecule has 1 aliphatic heterocycles. The first-order valence-electron chi connectivity index (χ1n) is 13.0. The molecule has 0 saturated carbocycles. The van der Waals surface area contributed by atoms with Crippen LogP contribution in [0, 0.1) is 6.92 Å². The van der Waals surface area contributed by atoms with Crippen LogP contribution in [0.25, 0.3) is 21.3 Å². The van der Waals surface area contributed by atoms with Gasteiger partial charge in [0.05, 0.1) is 25.1 Å². The van der Waals surface area contributed by atoms with Crippen LogP contribution in [-0.2, 0) is 11.3 Å². The molecule has 38 heavy (non-hydrogen) atoms. The van der Waals surface area contributed by atoms with Crippen molar-refractivity contribution in [3.63, 3.8) is 0 Å². The monoisotopic (exact) mass is 534 g/mol. The Morgan fingerprint density at radius 1 is 1.16 bits per heavy atom. The highest BCUT2D eigenvalue weighted by Crippen LogP contribution is 2.30. The highest BCUT2D eigenvalue weighted by Gasteiger charge is 2.19. The number of nitrogens with zero attached hydrogens (tertiary/aromatic N) is 3. The largest absolute Gasteiger partial charge is 0.491 e. The van der Waals surface area contributed by atoms with E-state index in [2.05, 4.69) is 14.8 Å². The lowest BCUT2D eigenvalue weighted by atomic mass is 10.1. The van der Waals surface area contributed by atoms with Gasteiger partial charge < -0.3 is 19.6 Å². The zero-order valence-corrected chi connectivity index (χ0v) is 22.5. The van der Waals surface area contributed by atoms with Crippen molar-refractivity contribution in [3.05, 3.63) is 81.7 Å². The third-order valence-electron chi connectivity index (χ3n) is 6.78. The molecule has 9 heteroatoms. The van der Waals surface area contributed by atoms with Crippen molar-refractivity contribution in [2.24, 2.45) is 0 Å². The summed E-state index contributed by atoms with van der Waals surface area (Å²) in [7, 11) is 0. The summed E-state index contributed by atoms with van der Waals surface area (Å²) in [4.78, 5) is 26.2. The van der Waals surface area contributed by atoms with Crippen LogP contribution in [0.2, 0.25) is 0 Å². The Bertz CT molecular complexity index is 1380. The highest BCUT2D eigenvalue weighted by atomic mass is 32.1. The smallest absolute Gasteiger partial charge is 0.260 e. The summed E-state index contributed by atoms with van der Waals surface area (Å²) in [5.41, 5.74) is 2.80. The van der Waals surface area contributed by atoms with Gasteiger partial charge in [0.15, 0.2) is 0 Å². The Labute approximate surface area is 226 Å². The first-order chi connectivity index (χ1) is 18.6. The van der Waals surface area contributed by atoms with Gasteiger partial charge in [0.25, 0.3) is 5.56 Å². The number of aromatic amines is 1. The highest BCUT2D eigenvalue weighted by molar-refractivity contribution is 7.17. The normalized spacial score (nSPS) is 15.2. The standard InChI is InChI=1S/C29H34N4O4S/c1-21-7-5-6-10-25(21)37-19-23(34)17-33(12-11-32-13-15-36-16-14-32)18-26-30-28(35)27-24(20-38-29(27)31-26)22-8-3-2-4-9-22/h2-10,20,23,34H,11-19H2,1H3,(H,30,31,35). The molecule has 200 valence electrons. The Kier molecular flexibility index (Phi) is 8.83. The summed E-state index contributed by atoms with van der Waals surface area (Å²) < 4.78 is 11.4. The third kappa shape index (κ3) is 6.67. The maximum absolute atomic E-state index is 13.2. The molecule has 2 aromatic heterocycles. The van der Waals surface area contributed by atoms with Crippen molar-refractivity contribution in [2.45, 2.75) is 19.6 Å². The molecule has 0 aliphatic carbocycles. The molecule has 0 bridgehead atoms. The fourth-order valence-corrected chi connectivity index (χ4v) is 5.67. The number of aliphatic hydroxyl groups excluding tert-OH is 1. The molecule has 5 rings (SSSR count). The second-order valence-electron chi connectivity index (χ2n) is 9.63. The van der Waals surface area contributed by atoms with Gasteiger partial charge in [0, 0.05) is 43.7 Å². The van der Waals surface area contributed by atoms with E-state index in [1.54, 1.807) is 0 Å². The Hall–Kier alpha value is -3.08. The maximum atomic E-state index is 13.2. The Morgan fingerprint density at radius 2 is 1.92 bits per heavy atom. The molecule has 1 fully saturated rings. The Balaban J connectivity index is 1.30. The van der Waals surface area contributed by atoms with Crippen LogP contribution >= 0.6 is 11.3 Å². The quantitative estimate of drug-likeness (QED) is 0.304. The lowest BCUT2D eigenvalue weighted by Crippen LogP contribution is -2.44. The van der Waals surface area contributed by atoms with Crippen molar-refractivity contribution in [1.29, 1.82) is 0 Å². The predicted octanol–water partition coefficient (Wildman–Crippen LogP) is 3.53. The average Bonchev–Trinajstić information content (AvgIpc) is 3.37. The van der Waals surface area contributed by atoms with E-state index in [0.717, 1.165) is 66.7 Å². The van der Waals surface area contributed by atoms with Crippen molar-refractivity contribution in [3.8, 4) is 16.9 Å². The van der Waals surface area contributed by atoms with E-state index < -0.39 is 6.10 Å². The number of thiophene rings is 1. The molecule has 2 N–H and O–H groups in total. The summed E-state index contributed by atoms with van der Waals surface area (Å²) in [5, 5.41) is 13.5. The number of H-pyrrole nitrogens is 1. The number of morpholine rings is 1. The number of ether oxygens (including phenoxy) is 2. The minimum Gasteiger partial charge on any atom is -0.491 e. The van der Waals surface area contributed by atoms with E-state index in [0.29, 0.717) is 24.3 Å². The minimum atomic E-state index is -0.693. The van der Waals surface area contributed by atoms with E-state index in [1.165, 1.54) is 11.3 Å². The summed E-state index contributed by atoms with van der Waals surface area (Å²) in [5.74, 6) is 1.37. The molecule has 1 atom stereocenters. The first kappa shape index (κ1) is 26.5. The maximum Gasteiger partial charge on any atom is 0.260 e. The number of nitrogens with one attached hydrogen (secondary N) is 1. The number of para-hydroxylation sites is 1. The number of benzene rings is 2. The number of hydrogen-bond acceptors (Lipinski definition) is 8. The minimum absolute atomic E-state index is 0.137. The van der Waals surface area contributed by atoms with Gasteiger partial charge in [-0.05, 0) is 24.1 Å². The first-order valence-corrected chi connectivity index (χ1v) is 13.9. The molecule has 1 aliphatic rings. The number of aliphatic hydroxyl groups is 1. The van der Waals surface area contributed by atoms with Crippen LogP contribution in [0.15, 0.2) is 64.8 Å². The van der Waals surface area contributed by atoms with Gasteiger partial charge in [-0.25, -0.2) is 4.98 Å². The molecular formula is C29H34N4O4S. The SMILES string of the molecule is Cc1ccccc1OCC(O)CN(CCN1CCOCC1)Cc1nc2scc(-c3ccccc3)c2c(=O)[nH]1. The predicted molar refractivity (Wildman–Crippen MR) is 151 cm³/mol. The summed E-state index contributed by atoms with van der Waals surface area (Å²) >= 11 is 1.48. The van der Waals surface area contributed by atoms with Gasteiger partial charge in [-0.15, -0.1) is 11.3 Å². The van der Waals surface area contributed by atoms with Gasteiger partial charge in [0.2, 0.25) is 0 Å². The Morgan fingerprint density at radius 3 is 2.71 bits per heavy atom. The van der Waals surface area contributed by atoms with Crippen LogP contribution < -0.4 is 10.3 Å². The summed E-state index contributed by atoms with van der Waals surface area (Å²) in [6.07, 6.45) is -0.693. The van der Waals surface area contributed by atoms with E-state index in [4.69, 9.17) is 14.5 Å². The lowest BCUT2D eigenvalue weighted by Gasteiger charge is -2.30. The molecule has 0 radical (unpaired) electrons. The fraction of sp³-hybridized carbons (Fsp3) is 0.379. The van der Waals surface area contributed by atoms with Crippen LogP contribution in [0.4, 0.5) is 0 Å². The van der Waals surface area contributed by atoms with E-state index in [1.807, 2.05) is 66.9 Å².